The van der Waals surface area contributed by atoms with Crippen LogP contribution in [0.2, 0.25) is 0 Å². The van der Waals surface area contributed by atoms with Gasteiger partial charge in [0.2, 0.25) is 5.91 Å². The fourth-order valence-corrected chi connectivity index (χ4v) is 6.39. The molecular weight excluding hydrogens is 699 g/mol. The number of methoxy groups -OCH3 is 2. The number of benzene rings is 2. The van der Waals surface area contributed by atoms with Crippen LogP contribution in [-0.2, 0) is 36.9 Å². The average Bonchev–Trinajstić information content (AvgIpc) is 3.72. The van der Waals surface area contributed by atoms with Gasteiger partial charge in [0, 0.05) is 54.9 Å². The van der Waals surface area contributed by atoms with Crippen molar-refractivity contribution in [2.24, 2.45) is 0 Å². The summed E-state index contributed by atoms with van der Waals surface area (Å²) in [5.41, 5.74) is 1.21. The first-order valence-corrected chi connectivity index (χ1v) is 17.7. The third-order valence-corrected chi connectivity index (χ3v) is 8.95. The van der Waals surface area contributed by atoms with Crippen molar-refractivity contribution in [3.8, 4) is 23.0 Å². The maximum atomic E-state index is 15.7. The number of hydrogen-bond donors (Lipinski definition) is 1. The Bertz CT molecular complexity index is 1790. The lowest BCUT2D eigenvalue weighted by molar-refractivity contribution is -0.148. The summed E-state index contributed by atoms with van der Waals surface area (Å²) in [7, 11) is 2.92. The molecule has 15 heteroatoms. The summed E-state index contributed by atoms with van der Waals surface area (Å²) in [4.78, 5) is 62.1. The van der Waals surface area contributed by atoms with Gasteiger partial charge in [-0.25, -0.2) is 9.18 Å². The molecule has 0 aliphatic carbocycles. The minimum atomic E-state index is -0.677. The Labute approximate surface area is 305 Å². The number of Topliss-reactive ketones (excluding diaryl/α,β-unsaturated/α-hetero) is 1. The number of ether oxygens (including phenoxy) is 6. The van der Waals surface area contributed by atoms with E-state index in [2.05, 4.69) is 5.32 Å². The second kappa shape index (κ2) is 18.0. The highest BCUT2D eigenvalue weighted by Crippen LogP contribution is 2.40. The number of halogens is 1. The zero-order valence-corrected chi connectivity index (χ0v) is 31.1. The van der Waals surface area contributed by atoms with Crippen LogP contribution in [0.5, 0.6) is 23.0 Å². The number of carbonyl (C=O) groups is 5. The molecule has 1 N–H and O–H groups in total. The number of aldehydes is 1. The van der Waals surface area contributed by atoms with Crippen LogP contribution in [0, 0.1) is 5.82 Å². The molecule has 1 aromatic heterocycles. The Morgan fingerprint density at radius 3 is 2.27 bits per heavy atom. The highest BCUT2D eigenvalue weighted by molar-refractivity contribution is 7.20. The van der Waals surface area contributed by atoms with Crippen LogP contribution >= 0.6 is 11.3 Å². The number of amides is 2. The van der Waals surface area contributed by atoms with Crippen molar-refractivity contribution in [2.75, 3.05) is 34.0 Å². The number of carbonyl (C=O) groups excluding carboxylic acids is 5. The quantitative estimate of drug-likeness (QED) is 0.0691. The zero-order valence-electron chi connectivity index (χ0n) is 30.3. The largest absolute Gasteiger partial charge is 0.493 e. The number of nitrogens with one attached hydrogen (secondary N) is 1. The molecule has 4 rings (SSSR count). The Kier molecular flexibility index (Phi) is 13.8. The van der Waals surface area contributed by atoms with E-state index in [1.165, 1.54) is 20.3 Å². The summed E-state index contributed by atoms with van der Waals surface area (Å²) in [6.07, 6.45) is -0.143. The number of alkyl carbamates (subject to hydrolysis) is 1. The predicted molar refractivity (Wildman–Crippen MR) is 190 cm³/mol. The fourth-order valence-electron chi connectivity index (χ4n) is 5.34. The van der Waals surface area contributed by atoms with Gasteiger partial charge in [-0.3, -0.25) is 14.4 Å². The van der Waals surface area contributed by atoms with Crippen molar-refractivity contribution in [1.82, 2.24) is 10.2 Å². The van der Waals surface area contributed by atoms with E-state index in [0.29, 0.717) is 35.7 Å². The van der Waals surface area contributed by atoms with Gasteiger partial charge >= 0.3 is 12.1 Å². The van der Waals surface area contributed by atoms with Gasteiger partial charge in [0.05, 0.1) is 45.3 Å². The first kappa shape index (κ1) is 39.9. The molecule has 282 valence electrons. The van der Waals surface area contributed by atoms with Crippen LogP contribution in [0.1, 0.15) is 80.6 Å². The highest BCUT2D eigenvalue weighted by atomic mass is 32.1. The monoisotopic (exact) mass is 744 g/mol. The van der Waals surface area contributed by atoms with Crippen LogP contribution < -0.4 is 24.3 Å². The standard InChI is InChI=1S/C37H45FN2O11S/c1-22(19-39-36(45)51-37(2,3)4)50-33(44)11-10-26(42)31-17-25-30(52-31)18-29(47-6)35(34(25)38)49-14-8-13-48-28-16-24-21-40(32(43)9-7-12-41)20-23(24)15-27(28)46-5/h12,15-18,22H,7-11,13-14,19-21H2,1-6H3,(H,39,45). The number of fused-ring (bicyclic) bond motifs is 2. The zero-order chi connectivity index (χ0) is 38.0. The van der Waals surface area contributed by atoms with Gasteiger partial charge in [0.1, 0.15) is 18.0 Å². The van der Waals surface area contributed by atoms with E-state index < -0.39 is 29.6 Å². The second-order valence-electron chi connectivity index (χ2n) is 13.1. The van der Waals surface area contributed by atoms with Gasteiger partial charge in [-0.05, 0) is 57.0 Å². The van der Waals surface area contributed by atoms with Gasteiger partial charge in [0.15, 0.2) is 34.6 Å². The molecule has 0 saturated heterocycles. The smallest absolute Gasteiger partial charge is 0.407 e. The van der Waals surface area contributed by atoms with Gasteiger partial charge in [-0.2, -0.15) is 0 Å². The van der Waals surface area contributed by atoms with Crippen molar-refractivity contribution < 1.29 is 56.8 Å². The van der Waals surface area contributed by atoms with Crippen molar-refractivity contribution in [3.05, 3.63) is 46.1 Å². The maximum absolute atomic E-state index is 15.7. The van der Waals surface area contributed by atoms with Gasteiger partial charge in [-0.15, -0.1) is 11.3 Å². The topological polar surface area (TPSA) is 156 Å². The minimum Gasteiger partial charge on any atom is -0.493 e. The van der Waals surface area contributed by atoms with Gasteiger partial charge in [-0.1, -0.05) is 0 Å². The maximum Gasteiger partial charge on any atom is 0.407 e. The molecule has 2 amide bonds. The molecule has 3 aromatic rings. The van der Waals surface area contributed by atoms with Crippen LogP contribution in [-0.4, -0.2) is 80.6 Å². The number of thiophene rings is 1. The lowest BCUT2D eigenvalue weighted by Gasteiger charge is -2.20. The van der Waals surface area contributed by atoms with E-state index >= 15 is 4.39 Å². The summed E-state index contributed by atoms with van der Waals surface area (Å²) in [5.74, 6) is -0.650. The second-order valence-corrected chi connectivity index (χ2v) is 14.2. The Morgan fingerprint density at radius 2 is 1.62 bits per heavy atom. The molecule has 1 aliphatic rings. The summed E-state index contributed by atoms with van der Waals surface area (Å²) < 4.78 is 49.3. The van der Waals surface area contributed by atoms with E-state index in [4.69, 9.17) is 28.4 Å². The van der Waals surface area contributed by atoms with E-state index in [1.54, 1.807) is 38.7 Å². The third-order valence-electron chi connectivity index (χ3n) is 7.83. The van der Waals surface area contributed by atoms with Crippen molar-refractivity contribution in [3.63, 3.8) is 0 Å². The van der Waals surface area contributed by atoms with Crippen LogP contribution in [0.15, 0.2) is 24.3 Å². The number of ketones is 1. The average molecular weight is 745 g/mol. The van der Waals surface area contributed by atoms with Crippen LogP contribution in [0.3, 0.4) is 0 Å². The molecule has 0 spiro atoms. The van der Waals surface area contributed by atoms with Crippen molar-refractivity contribution in [2.45, 2.75) is 84.6 Å². The summed E-state index contributed by atoms with van der Waals surface area (Å²) in [6, 6.07) is 6.71. The molecule has 2 aromatic carbocycles. The van der Waals surface area contributed by atoms with E-state index in [0.717, 1.165) is 28.7 Å². The SMILES string of the molecule is COc1cc2c(cc1OCCCOc1c(OC)cc3sc(C(=O)CCC(=O)OC(C)CNC(=O)OC(C)(C)C)cc3c1F)CN(C(=O)CCC=O)C2. The third kappa shape index (κ3) is 10.8. The summed E-state index contributed by atoms with van der Waals surface area (Å²) in [5, 5.41) is 2.71. The molecule has 1 unspecified atom stereocenters. The first-order valence-electron chi connectivity index (χ1n) is 16.9. The minimum absolute atomic E-state index is 0.0431. The first-order chi connectivity index (χ1) is 24.7. The predicted octanol–water partition coefficient (Wildman–Crippen LogP) is 6.15. The number of esters is 1. The molecular formula is C37H45FN2O11S. The lowest BCUT2D eigenvalue weighted by Crippen LogP contribution is -2.37. The van der Waals surface area contributed by atoms with E-state index in [1.807, 2.05) is 12.1 Å². The summed E-state index contributed by atoms with van der Waals surface area (Å²) in [6.45, 7) is 8.01. The molecule has 0 radical (unpaired) electrons. The van der Waals surface area contributed by atoms with E-state index in [9.17, 15) is 24.0 Å². The Morgan fingerprint density at radius 1 is 0.942 bits per heavy atom. The molecule has 2 heterocycles. The Hall–Kier alpha value is -4.92. The number of rotatable bonds is 18. The van der Waals surface area contributed by atoms with Crippen LogP contribution in [0.4, 0.5) is 9.18 Å². The van der Waals surface area contributed by atoms with Gasteiger partial charge in [0.25, 0.3) is 0 Å². The number of hydrogen-bond acceptors (Lipinski definition) is 12. The molecule has 1 aliphatic heterocycles. The normalized spacial score (nSPS) is 12.9. The van der Waals surface area contributed by atoms with Gasteiger partial charge < -0.3 is 43.4 Å². The van der Waals surface area contributed by atoms with Crippen molar-refractivity contribution >= 4 is 51.5 Å². The van der Waals surface area contributed by atoms with Crippen LogP contribution in [0.25, 0.3) is 10.1 Å². The van der Waals surface area contributed by atoms with E-state index in [-0.39, 0.29) is 78.9 Å². The molecule has 1 atom stereocenters. The highest BCUT2D eigenvalue weighted by Gasteiger charge is 2.26. The fraction of sp³-hybridized carbons (Fsp3) is 0.486. The molecule has 0 saturated carbocycles. The molecule has 13 nitrogen and oxygen atoms in total. The molecule has 0 bridgehead atoms. The Balaban J connectivity index is 1.28. The lowest BCUT2D eigenvalue weighted by atomic mass is 10.1. The number of nitrogens with zero attached hydrogens (tertiary/aromatic N) is 1. The molecule has 0 fully saturated rings. The molecule has 52 heavy (non-hydrogen) atoms. The van der Waals surface area contributed by atoms with Crippen molar-refractivity contribution in [1.29, 1.82) is 0 Å². The summed E-state index contributed by atoms with van der Waals surface area (Å²) >= 11 is 1.08.